The van der Waals surface area contributed by atoms with Gasteiger partial charge in [0.15, 0.2) is 0 Å². The first kappa shape index (κ1) is 13.3. The van der Waals surface area contributed by atoms with Crippen LogP contribution in [-0.4, -0.2) is 36.1 Å². The first-order chi connectivity index (χ1) is 9.09. The van der Waals surface area contributed by atoms with E-state index >= 15 is 0 Å². The maximum absolute atomic E-state index is 13.8. The van der Waals surface area contributed by atoms with E-state index in [0.717, 1.165) is 0 Å². The average molecular weight is 266 g/mol. The van der Waals surface area contributed by atoms with E-state index in [1.165, 1.54) is 11.0 Å². The summed E-state index contributed by atoms with van der Waals surface area (Å²) < 4.78 is 13.8. The molecule has 6 heteroatoms. The van der Waals surface area contributed by atoms with Crippen molar-refractivity contribution in [2.75, 3.05) is 18.0 Å². The normalized spacial score (nSPS) is 19.7. The van der Waals surface area contributed by atoms with Crippen molar-refractivity contribution in [2.24, 2.45) is 0 Å². The van der Waals surface area contributed by atoms with Crippen molar-refractivity contribution in [1.29, 1.82) is 0 Å². The molecular formula is C13H15FN2O3. The predicted molar refractivity (Wildman–Crippen MR) is 67.4 cm³/mol. The minimum atomic E-state index is -1.08. The van der Waals surface area contributed by atoms with Crippen LogP contribution in [0.25, 0.3) is 0 Å². The molecule has 2 N–H and O–H groups in total. The van der Waals surface area contributed by atoms with Crippen LogP contribution in [0.4, 0.5) is 10.1 Å². The Morgan fingerprint density at radius 2 is 2.21 bits per heavy atom. The van der Waals surface area contributed by atoms with Gasteiger partial charge in [-0.3, -0.25) is 9.59 Å². The number of carboxylic acids is 1. The Bertz CT molecular complexity index is 493. The smallest absolute Gasteiger partial charge is 0.305 e. The van der Waals surface area contributed by atoms with Crippen LogP contribution in [0.2, 0.25) is 0 Å². The highest BCUT2D eigenvalue weighted by atomic mass is 19.1. The number of halogens is 1. The highest BCUT2D eigenvalue weighted by molar-refractivity contribution is 5.89. The minimum absolute atomic E-state index is 0.269. The summed E-state index contributed by atoms with van der Waals surface area (Å²) in [6.07, 6.45) is 0.302. The fourth-order valence-electron chi connectivity index (χ4n) is 2.22. The third-order valence-electron chi connectivity index (χ3n) is 3.08. The van der Waals surface area contributed by atoms with Crippen LogP contribution in [0.5, 0.6) is 0 Å². The number of hydrogen-bond donors (Lipinski definition) is 2. The summed E-state index contributed by atoms with van der Waals surface area (Å²) >= 11 is 0. The lowest BCUT2D eigenvalue weighted by atomic mass is 10.1. The number of anilines is 1. The lowest BCUT2D eigenvalue weighted by Crippen LogP contribution is -2.46. The Kier molecular flexibility index (Phi) is 3.99. The molecule has 0 radical (unpaired) electrons. The molecule has 1 atom stereocenters. The molecule has 0 aliphatic carbocycles. The van der Waals surface area contributed by atoms with Crippen LogP contribution in [0.15, 0.2) is 24.3 Å². The predicted octanol–water partition coefficient (Wildman–Crippen LogP) is 0.995. The molecule has 1 unspecified atom stereocenters. The van der Waals surface area contributed by atoms with Gasteiger partial charge >= 0.3 is 5.97 Å². The molecular weight excluding hydrogens is 251 g/mol. The van der Waals surface area contributed by atoms with E-state index in [2.05, 4.69) is 5.32 Å². The van der Waals surface area contributed by atoms with Crippen LogP contribution in [-0.2, 0) is 9.59 Å². The van der Waals surface area contributed by atoms with Gasteiger partial charge in [0.1, 0.15) is 11.9 Å². The molecule has 1 aromatic rings. The minimum Gasteiger partial charge on any atom is -0.481 e. The second kappa shape index (κ2) is 5.69. The van der Waals surface area contributed by atoms with Gasteiger partial charge in [-0.15, -0.1) is 0 Å². The number of rotatable bonds is 3. The van der Waals surface area contributed by atoms with Crippen molar-refractivity contribution in [2.45, 2.75) is 18.9 Å². The maximum atomic E-state index is 13.8. The van der Waals surface area contributed by atoms with Crippen LogP contribution in [0.3, 0.4) is 0 Å². The fraction of sp³-hybridized carbons (Fsp3) is 0.385. The quantitative estimate of drug-likeness (QED) is 0.856. The van der Waals surface area contributed by atoms with Gasteiger partial charge in [-0.2, -0.15) is 0 Å². The number of carbonyl (C=O) groups is 2. The topological polar surface area (TPSA) is 69.6 Å². The molecule has 5 nitrogen and oxygen atoms in total. The molecule has 102 valence electrons. The van der Waals surface area contributed by atoms with Crippen LogP contribution >= 0.6 is 0 Å². The van der Waals surface area contributed by atoms with Crippen molar-refractivity contribution in [3.8, 4) is 0 Å². The molecule has 1 aliphatic rings. The Hall–Kier alpha value is -2.11. The lowest BCUT2D eigenvalue weighted by Gasteiger charge is -2.29. The molecule has 0 spiro atoms. The number of carboxylic acid groups (broad SMARTS) is 1. The summed E-state index contributed by atoms with van der Waals surface area (Å²) in [5.74, 6) is -1.90. The molecule has 1 aliphatic heterocycles. The van der Waals surface area contributed by atoms with Gasteiger partial charge in [0, 0.05) is 13.1 Å². The van der Waals surface area contributed by atoms with Crippen molar-refractivity contribution >= 4 is 17.6 Å². The molecule has 0 bridgehead atoms. The Morgan fingerprint density at radius 1 is 1.47 bits per heavy atom. The number of hydrogen-bond acceptors (Lipinski definition) is 3. The van der Waals surface area contributed by atoms with Gasteiger partial charge < -0.3 is 15.3 Å². The van der Waals surface area contributed by atoms with Gasteiger partial charge in [-0.05, 0) is 18.6 Å². The van der Waals surface area contributed by atoms with Crippen LogP contribution in [0, 0.1) is 5.82 Å². The fourth-order valence-corrected chi connectivity index (χ4v) is 2.22. The summed E-state index contributed by atoms with van der Waals surface area (Å²) in [5, 5.41) is 11.6. The van der Waals surface area contributed by atoms with Crippen LogP contribution < -0.4 is 10.2 Å². The summed E-state index contributed by atoms with van der Waals surface area (Å²) in [7, 11) is 0. The van der Waals surface area contributed by atoms with E-state index in [1.54, 1.807) is 18.2 Å². The zero-order valence-electron chi connectivity index (χ0n) is 10.3. The van der Waals surface area contributed by atoms with Gasteiger partial charge in [-0.1, -0.05) is 12.1 Å². The molecule has 1 heterocycles. The molecule has 1 aromatic carbocycles. The molecule has 1 fully saturated rings. The first-order valence-electron chi connectivity index (χ1n) is 6.10. The lowest BCUT2D eigenvalue weighted by molar-refractivity contribution is -0.139. The molecule has 0 saturated carbocycles. The van der Waals surface area contributed by atoms with Gasteiger partial charge in [-0.25, -0.2) is 4.39 Å². The number of nitrogens with one attached hydrogen (secondary N) is 1. The standard InChI is InChI=1S/C13H15FN2O3/c14-9-4-1-2-5-10(9)16-7-3-6-15-13(19)11(16)8-12(17)18/h1-2,4-5,11H,3,6-8H2,(H,15,19)(H,17,18). The van der Waals surface area contributed by atoms with Gasteiger partial charge in [0.2, 0.25) is 5.91 Å². The number of nitrogens with zero attached hydrogens (tertiary/aromatic N) is 1. The largest absolute Gasteiger partial charge is 0.481 e. The van der Waals surface area contributed by atoms with E-state index in [9.17, 15) is 14.0 Å². The molecule has 1 amide bonds. The monoisotopic (exact) mass is 266 g/mol. The molecule has 2 rings (SSSR count). The van der Waals surface area contributed by atoms with Crippen LogP contribution in [0.1, 0.15) is 12.8 Å². The summed E-state index contributed by atoms with van der Waals surface area (Å²) in [4.78, 5) is 24.3. The van der Waals surface area contributed by atoms with E-state index in [1.807, 2.05) is 0 Å². The maximum Gasteiger partial charge on any atom is 0.305 e. The van der Waals surface area contributed by atoms with Crippen molar-refractivity contribution in [3.05, 3.63) is 30.1 Å². The van der Waals surface area contributed by atoms with E-state index in [0.29, 0.717) is 19.5 Å². The number of para-hydroxylation sites is 1. The van der Waals surface area contributed by atoms with Crippen molar-refractivity contribution < 1.29 is 19.1 Å². The third-order valence-corrected chi connectivity index (χ3v) is 3.08. The third kappa shape index (κ3) is 3.01. The summed E-state index contributed by atoms with van der Waals surface area (Å²) in [5.41, 5.74) is 0.269. The highest BCUT2D eigenvalue weighted by Gasteiger charge is 2.31. The second-order valence-electron chi connectivity index (χ2n) is 4.40. The van der Waals surface area contributed by atoms with E-state index < -0.39 is 17.8 Å². The zero-order valence-corrected chi connectivity index (χ0v) is 10.3. The highest BCUT2D eigenvalue weighted by Crippen LogP contribution is 2.23. The summed E-state index contributed by atoms with van der Waals surface area (Å²) in [6.45, 7) is 0.914. The Balaban J connectivity index is 2.35. The van der Waals surface area contributed by atoms with E-state index in [-0.39, 0.29) is 18.0 Å². The second-order valence-corrected chi connectivity index (χ2v) is 4.40. The molecule has 19 heavy (non-hydrogen) atoms. The summed E-state index contributed by atoms with van der Waals surface area (Å²) in [6, 6.07) is 5.21. The number of benzene rings is 1. The molecule has 1 saturated heterocycles. The van der Waals surface area contributed by atoms with Crippen molar-refractivity contribution in [1.82, 2.24) is 5.32 Å². The number of aliphatic carboxylic acids is 1. The van der Waals surface area contributed by atoms with Crippen molar-refractivity contribution in [3.63, 3.8) is 0 Å². The Morgan fingerprint density at radius 3 is 2.89 bits per heavy atom. The van der Waals surface area contributed by atoms with Gasteiger partial charge in [0.25, 0.3) is 0 Å². The average Bonchev–Trinajstić information content (AvgIpc) is 2.53. The number of amides is 1. The molecule has 0 aromatic heterocycles. The first-order valence-corrected chi connectivity index (χ1v) is 6.10. The zero-order chi connectivity index (χ0) is 13.8. The van der Waals surface area contributed by atoms with E-state index in [4.69, 9.17) is 5.11 Å². The Labute approximate surface area is 110 Å². The van der Waals surface area contributed by atoms with Gasteiger partial charge in [0.05, 0.1) is 12.1 Å². The number of carbonyl (C=O) groups excluding carboxylic acids is 1. The SMILES string of the molecule is O=C(O)CC1C(=O)NCCCN1c1ccccc1F.